The molecule has 3 rings (SSSR count). The summed E-state index contributed by atoms with van der Waals surface area (Å²) in [4.78, 5) is 24.5. The summed E-state index contributed by atoms with van der Waals surface area (Å²) in [5, 5.41) is 40.5. The maximum absolute atomic E-state index is 14.0. The van der Waals surface area contributed by atoms with Crippen LogP contribution in [0.4, 0.5) is 8.78 Å². The topological polar surface area (TPSA) is 149 Å². The van der Waals surface area contributed by atoms with E-state index in [0.717, 1.165) is 6.07 Å². The van der Waals surface area contributed by atoms with Gasteiger partial charge in [0.25, 0.3) is 0 Å². The van der Waals surface area contributed by atoms with Gasteiger partial charge in [-0.2, -0.15) is 4.39 Å². The molecule has 1 aliphatic rings. The van der Waals surface area contributed by atoms with Gasteiger partial charge in [-0.1, -0.05) is 0 Å². The third kappa shape index (κ3) is 3.94. The highest BCUT2D eigenvalue weighted by molar-refractivity contribution is 5.86. The molecule has 158 valence electrons. The van der Waals surface area contributed by atoms with Gasteiger partial charge in [-0.15, -0.1) is 0 Å². The van der Waals surface area contributed by atoms with E-state index in [2.05, 4.69) is 5.32 Å². The molecule has 2 heterocycles. The summed E-state index contributed by atoms with van der Waals surface area (Å²) in [6.07, 6.45) is -4.17. The van der Waals surface area contributed by atoms with Crippen LogP contribution in [0.25, 0.3) is 11.0 Å². The van der Waals surface area contributed by atoms with Crippen LogP contribution in [0.15, 0.2) is 15.3 Å². The average Bonchev–Trinajstić information content (AvgIpc) is 2.67. The van der Waals surface area contributed by atoms with Crippen molar-refractivity contribution in [3.63, 3.8) is 0 Å². The first-order chi connectivity index (χ1) is 13.6. The lowest BCUT2D eigenvalue weighted by molar-refractivity contribution is -0.214. The van der Waals surface area contributed by atoms with Gasteiger partial charge in [-0.25, -0.2) is 9.18 Å². The number of phenols is 1. The van der Waals surface area contributed by atoms with Crippen LogP contribution in [-0.2, 0) is 16.0 Å². The van der Waals surface area contributed by atoms with Crippen LogP contribution < -0.4 is 10.9 Å². The van der Waals surface area contributed by atoms with Crippen molar-refractivity contribution in [3.05, 3.63) is 39.2 Å². The molecule has 0 bridgehead atoms. The van der Waals surface area contributed by atoms with Crippen LogP contribution in [0.5, 0.6) is 5.75 Å². The standard InChI is InChI=1S/C18H19F2NO8/c1-6-8-3-10(19)15(25)13(20)16(8)29-17(26)9(6)4-12(24)21-14-11(23)2-7(5-22)28-18(14)27/h3,7,11,14,18,22-23,25,27H,2,4-5H2,1H3,(H,21,24). The number of ether oxygens (including phenoxy) is 1. The highest BCUT2D eigenvalue weighted by Crippen LogP contribution is 2.30. The minimum Gasteiger partial charge on any atom is -0.503 e. The SMILES string of the molecule is Cc1c(CC(=O)NC2C(O)CC(CO)OC2O)c(=O)oc2c(F)c(O)c(F)cc12. The van der Waals surface area contributed by atoms with E-state index >= 15 is 0 Å². The van der Waals surface area contributed by atoms with E-state index in [-0.39, 0.29) is 22.9 Å². The molecule has 1 saturated heterocycles. The highest BCUT2D eigenvalue weighted by Gasteiger charge is 2.37. The number of aryl methyl sites for hydroxylation is 1. The molecule has 4 atom stereocenters. The van der Waals surface area contributed by atoms with Gasteiger partial charge in [-0.05, 0) is 18.6 Å². The van der Waals surface area contributed by atoms with Crippen molar-refractivity contribution in [2.75, 3.05) is 6.61 Å². The Morgan fingerprint density at radius 2 is 2.03 bits per heavy atom. The van der Waals surface area contributed by atoms with Crippen LogP contribution >= 0.6 is 0 Å². The number of amides is 1. The summed E-state index contributed by atoms with van der Waals surface area (Å²) in [5.74, 6) is -4.76. The number of aliphatic hydroxyl groups is 3. The molecule has 0 aliphatic carbocycles. The molecule has 5 N–H and O–H groups in total. The number of carbonyl (C=O) groups is 1. The first kappa shape index (κ1) is 21.1. The van der Waals surface area contributed by atoms with Crippen molar-refractivity contribution in [2.45, 2.75) is 44.3 Å². The lowest BCUT2D eigenvalue weighted by Gasteiger charge is -2.36. The van der Waals surface area contributed by atoms with Gasteiger partial charge in [-0.3, -0.25) is 4.79 Å². The van der Waals surface area contributed by atoms with E-state index in [1.165, 1.54) is 6.92 Å². The molecular formula is C18H19F2NO8. The Kier molecular flexibility index (Phi) is 5.85. The van der Waals surface area contributed by atoms with Crippen molar-refractivity contribution in [1.82, 2.24) is 5.32 Å². The first-order valence-corrected chi connectivity index (χ1v) is 8.69. The van der Waals surface area contributed by atoms with E-state index in [0.29, 0.717) is 0 Å². The molecule has 1 amide bonds. The average molecular weight is 415 g/mol. The maximum Gasteiger partial charge on any atom is 0.340 e. The number of aromatic hydroxyl groups is 1. The van der Waals surface area contributed by atoms with Gasteiger partial charge in [0.15, 0.2) is 23.4 Å². The highest BCUT2D eigenvalue weighted by atomic mass is 19.1. The zero-order chi connectivity index (χ0) is 21.5. The third-order valence-electron chi connectivity index (χ3n) is 4.87. The van der Waals surface area contributed by atoms with Crippen LogP contribution in [0.2, 0.25) is 0 Å². The van der Waals surface area contributed by atoms with Crippen LogP contribution in [0.1, 0.15) is 17.5 Å². The third-order valence-corrected chi connectivity index (χ3v) is 4.87. The van der Waals surface area contributed by atoms with Gasteiger partial charge in [0.1, 0.15) is 6.04 Å². The minimum absolute atomic E-state index is 0.0301. The second-order valence-electron chi connectivity index (χ2n) is 6.80. The molecule has 0 radical (unpaired) electrons. The van der Waals surface area contributed by atoms with Gasteiger partial charge >= 0.3 is 5.63 Å². The number of rotatable bonds is 4. The summed E-state index contributed by atoms with van der Waals surface area (Å²) in [7, 11) is 0. The van der Waals surface area contributed by atoms with E-state index in [1.54, 1.807) is 0 Å². The molecule has 4 unspecified atom stereocenters. The number of benzene rings is 1. The van der Waals surface area contributed by atoms with Crippen LogP contribution in [-0.4, -0.2) is 57.5 Å². The van der Waals surface area contributed by atoms with Crippen molar-refractivity contribution in [1.29, 1.82) is 0 Å². The predicted octanol–water partition coefficient (Wildman–Crippen LogP) is -0.427. The molecule has 2 aromatic rings. The molecule has 1 aromatic heterocycles. The van der Waals surface area contributed by atoms with Crippen LogP contribution in [0.3, 0.4) is 0 Å². The van der Waals surface area contributed by atoms with Crippen molar-refractivity contribution in [3.8, 4) is 5.75 Å². The Morgan fingerprint density at radius 1 is 1.34 bits per heavy atom. The molecule has 0 spiro atoms. The summed E-state index contributed by atoms with van der Waals surface area (Å²) in [6, 6.07) is -0.421. The van der Waals surface area contributed by atoms with Gasteiger partial charge < -0.3 is 34.9 Å². The number of carbonyl (C=O) groups excluding carboxylic acids is 1. The second-order valence-corrected chi connectivity index (χ2v) is 6.80. The number of phenolic OH excluding ortho intramolecular Hbond substituents is 1. The number of hydrogen-bond acceptors (Lipinski definition) is 8. The fraction of sp³-hybridized carbons (Fsp3) is 0.444. The number of hydrogen-bond donors (Lipinski definition) is 5. The fourth-order valence-electron chi connectivity index (χ4n) is 3.27. The van der Waals surface area contributed by atoms with Gasteiger partial charge in [0.2, 0.25) is 11.7 Å². The molecule has 0 saturated carbocycles. The van der Waals surface area contributed by atoms with Crippen molar-refractivity contribution < 1.29 is 43.2 Å². The Hall–Kier alpha value is -2.60. The normalized spacial score (nSPS) is 24.6. The summed E-state index contributed by atoms with van der Waals surface area (Å²) < 4.78 is 37.5. The van der Waals surface area contributed by atoms with E-state index in [4.69, 9.17) is 14.3 Å². The molecular weight excluding hydrogens is 396 g/mol. The second kappa shape index (κ2) is 8.03. The van der Waals surface area contributed by atoms with Crippen molar-refractivity contribution in [2.24, 2.45) is 0 Å². The first-order valence-electron chi connectivity index (χ1n) is 8.69. The lowest BCUT2D eigenvalue weighted by Crippen LogP contribution is -2.57. The maximum atomic E-state index is 14.0. The Bertz CT molecular complexity index is 996. The monoisotopic (exact) mass is 415 g/mol. The minimum atomic E-state index is -1.58. The van der Waals surface area contributed by atoms with Crippen LogP contribution in [0, 0.1) is 18.6 Å². The molecule has 1 aliphatic heterocycles. The van der Waals surface area contributed by atoms with Gasteiger partial charge in [0.05, 0.1) is 30.8 Å². The number of fused-ring (bicyclic) bond motifs is 1. The summed E-state index contributed by atoms with van der Waals surface area (Å²) >= 11 is 0. The Labute approximate surface area is 162 Å². The Morgan fingerprint density at radius 3 is 2.66 bits per heavy atom. The summed E-state index contributed by atoms with van der Waals surface area (Å²) in [6.45, 7) is 0.936. The number of halogens is 2. The predicted molar refractivity (Wildman–Crippen MR) is 93.0 cm³/mol. The lowest BCUT2D eigenvalue weighted by atomic mass is 9.99. The Balaban J connectivity index is 1.86. The molecule has 1 fully saturated rings. The number of aliphatic hydroxyl groups excluding tert-OH is 3. The van der Waals surface area contributed by atoms with E-state index in [1.807, 2.05) is 0 Å². The van der Waals surface area contributed by atoms with E-state index in [9.17, 15) is 33.7 Å². The molecule has 1 aromatic carbocycles. The molecule has 11 heteroatoms. The summed E-state index contributed by atoms with van der Waals surface area (Å²) in [5.41, 5.74) is -1.81. The molecule has 29 heavy (non-hydrogen) atoms. The number of nitrogens with one attached hydrogen (secondary N) is 1. The zero-order valence-electron chi connectivity index (χ0n) is 15.2. The largest absolute Gasteiger partial charge is 0.503 e. The quantitative estimate of drug-likeness (QED) is 0.423. The van der Waals surface area contributed by atoms with Gasteiger partial charge in [0, 0.05) is 11.8 Å². The van der Waals surface area contributed by atoms with E-state index < -0.39 is 72.1 Å². The fourth-order valence-corrected chi connectivity index (χ4v) is 3.27. The molecule has 9 nitrogen and oxygen atoms in total. The smallest absolute Gasteiger partial charge is 0.340 e. The zero-order valence-corrected chi connectivity index (χ0v) is 15.2. The van der Waals surface area contributed by atoms with Crippen molar-refractivity contribution >= 4 is 16.9 Å².